The van der Waals surface area contributed by atoms with Crippen LogP contribution in [0, 0.1) is 6.92 Å². The molecule has 0 saturated heterocycles. The second-order valence-electron chi connectivity index (χ2n) is 4.48. The third-order valence-electron chi connectivity index (χ3n) is 2.78. The monoisotopic (exact) mass is 315 g/mol. The average molecular weight is 315 g/mol. The van der Waals surface area contributed by atoms with E-state index in [0.29, 0.717) is 18.7 Å². The van der Waals surface area contributed by atoms with Crippen LogP contribution < -0.4 is 15.8 Å². The minimum atomic E-state index is -3.72. The quantitative estimate of drug-likeness (QED) is 0.462. The Morgan fingerprint density at radius 2 is 2.05 bits per heavy atom. The van der Waals surface area contributed by atoms with Crippen LogP contribution in [0.2, 0.25) is 0 Å². The van der Waals surface area contributed by atoms with Crippen molar-refractivity contribution in [3.05, 3.63) is 23.8 Å². The predicted octanol–water partition coefficient (Wildman–Crippen LogP) is 0.00822. The smallest absolute Gasteiger partial charge is 0.242 e. The van der Waals surface area contributed by atoms with Crippen LogP contribution >= 0.6 is 0 Å². The lowest BCUT2D eigenvalue weighted by atomic mass is 10.2. The zero-order valence-electron chi connectivity index (χ0n) is 12.2. The summed E-state index contributed by atoms with van der Waals surface area (Å²) >= 11 is 0. The molecule has 0 atom stereocenters. The largest absolute Gasteiger partial charge is 0.398 e. The number of carbonyl (C=O) groups is 1. The number of benzene rings is 1. The minimum Gasteiger partial charge on any atom is -0.398 e. The highest BCUT2D eigenvalue weighted by molar-refractivity contribution is 7.89. The molecule has 0 aliphatic carbocycles. The number of sulfonamides is 1. The molecule has 8 heteroatoms. The van der Waals surface area contributed by atoms with Gasteiger partial charge in [0.25, 0.3) is 0 Å². The van der Waals surface area contributed by atoms with Gasteiger partial charge in [-0.2, -0.15) is 0 Å². The predicted molar refractivity (Wildman–Crippen MR) is 80.3 cm³/mol. The molecule has 0 aliphatic rings. The van der Waals surface area contributed by atoms with Crippen LogP contribution in [0.3, 0.4) is 0 Å². The summed E-state index contributed by atoms with van der Waals surface area (Å²) in [6, 6.07) is 4.88. The van der Waals surface area contributed by atoms with E-state index in [0.717, 1.165) is 0 Å². The number of nitrogens with two attached hydrogens (primary N) is 1. The van der Waals surface area contributed by atoms with Crippen molar-refractivity contribution in [2.75, 3.05) is 32.5 Å². The van der Waals surface area contributed by atoms with Crippen LogP contribution in [-0.4, -0.2) is 41.1 Å². The molecule has 0 bridgehead atoms. The number of rotatable bonds is 8. The van der Waals surface area contributed by atoms with Gasteiger partial charge in [-0.25, -0.2) is 13.1 Å². The summed E-state index contributed by atoms with van der Waals surface area (Å²) in [7, 11) is -2.19. The average Bonchev–Trinajstić information content (AvgIpc) is 2.38. The van der Waals surface area contributed by atoms with Gasteiger partial charge in [-0.3, -0.25) is 4.79 Å². The second-order valence-corrected chi connectivity index (χ2v) is 6.19. The van der Waals surface area contributed by atoms with Gasteiger partial charge < -0.3 is 15.8 Å². The van der Waals surface area contributed by atoms with Crippen LogP contribution in [0.1, 0.15) is 12.0 Å². The van der Waals surface area contributed by atoms with Crippen molar-refractivity contribution in [1.29, 1.82) is 0 Å². The molecule has 21 heavy (non-hydrogen) atoms. The topological polar surface area (TPSA) is 111 Å². The molecule has 1 aromatic carbocycles. The van der Waals surface area contributed by atoms with Gasteiger partial charge in [0.1, 0.15) is 4.90 Å². The molecule has 7 nitrogen and oxygen atoms in total. The molecule has 0 aromatic heterocycles. The molecular weight excluding hydrogens is 294 g/mol. The Morgan fingerprint density at radius 3 is 2.67 bits per heavy atom. The number of methoxy groups -OCH3 is 1. The first-order chi connectivity index (χ1) is 9.88. The first kappa shape index (κ1) is 17.4. The summed E-state index contributed by atoms with van der Waals surface area (Å²) in [4.78, 5) is 11.5. The number of carbonyl (C=O) groups excluding carboxylic acids is 1. The summed E-state index contributed by atoms with van der Waals surface area (Å²) in [6.45, 7) is 2.49. The Morgan fingerprint density at radius 1 is 1.33 bits per heavy atom. The summed E-state index contributed by atoms with van der Waals surface area (Å²) < 4.78 is 31.5. The number of aryl methyl sites for hydroxylation is 1. The van der Waals surface area contributed by atoms with E-state index in [1.807, 2.05) is 0 Å². The lowest BCUT2D eigenvalue weighted by Crippen LogP contribution is -2.32. The molecule has 118 valence electrons. The van der Waals surface area contributed by atoms with E-state index in [1.54, 1.807) is 19.1 Å². The summed E-state index contributed by atoms with van der Waals surface area (Å²) in [5.74, 6) is -0.243. The Bertz CT molecular complexity index is 567. The van der Waals surface area contributed by atoms with Crippen LogP contribution in [0.4, 0.5) is 5.69 Å². The molecule has 0 fully saturated rings. The Kier molecular flexibility index (Phi) is 6.60. The van der Waals surface area contributed by atoms with Gasteiger partial charge in [0.15, 0.2) is 0 Å². The fraction of sp³-hybridized carbons (Fsp3) is 0.462. The van der Waals surface area contributed by atoms with E-state index >= 15 is 0 Å². The molecule has 1 amide bonds. The lowest BCUT2D eigenvalue weighted by Gasteiger charge is -2.11. The first-order valence-electron chi connectivity index (χ1n) is 6.49. The van der Waals surface area contributed by atoms with Crippen LogP contribution in [0.5, 0.6) is 0 Å². The van der Waals surface area contributed by atoms with Crippen molar-refractivity contribution in [2.45, 2.75) is 18.2 Å². The van der Waals surface area contributed by atoms with Gasteiger partial charge >= 0.3 is 0 Å². The molecule has 0 aliphatic heterocycles. The molecule has 1 aromatic rings. The maximum absolute atomic E-state index is 12.2. The van der Waals surface area contributed by atoms with Crippen molar-refractivity contribution in [3.8, 4) is 0 Å². The number of amides is 1. The standard InChI is InChI=1S/C13H21N3O4S/c1-10-4-3-5-11(14)13(10)21(18,19)16-7-6-12(17)15-8-9-20-2/h3-5,16H,6-9,14H2,1-2H3,(H,15,17). The fourth-order valence-corrected chi connectivity index (χ4v) is 3.18. The van der Waals surface area contributed by atoms with Crippen molar-refractivity contribution < 1.29 is 17.9 Å². The van der Waals surface area contributed by atoms with E-state index in [-0.39, 0.29) is 29.5 Å². The van der Waals surface area contributed by atoms with Gasteiger partial charge in [-0.15, -0.1) is 0 Å². The highest BCUT2D eigenvalue weighted by Gasteiger charge is 2.19. The fourth-order valence-electron chi connectivity index (χ4n) is 1.79. The number of nitrogen functional groups attached to an aromatic ring is 1. The highest BCUT2D eigenvalue weighted by Crippen LogP contribution is 2.21. The molecule has 0 radical (unpaired) electrons. The zero-order chi connectivity index (χ0) is 15.9. The maximum Gasteiger partial charge on any atom is 0.242 e. The zero-order valence-corrected chi connectivity index (χ0v) is 13.0. The maximum atomic E-state index is 12.2. The van der Waals surface area contributed by atoms with Crippen LogP contribution in [0.15, 0.2) is 23.1 Å². The molecular formula is C13H21N3O4S. The van der Waals surface area contributed by atoms with E-state index < -0.39 is 10.0 Å². The van der Waals surface area contributed by atoms with E-state index in [4.69, 9.17) is 10.5 Å². The number of nitrogens with one attached hydrogen (secondary N) is 2. The number of anilines is 1. The molecule has 0 heterocycles. The molecule has 4 N–H and O–H groups in total. The van der Waals surface area contributed by atoms with Gasteiger partial charge in [0, 0.05) is 26.6 Å². The summed E-state index contributed by atoms with van der Waals surface area (Å²) in [5.41, 5.74) is 6.46. The third kappa shape index (κ3) is 5.33. The molecule has 0 saturated carbocycles. The van der Waals surface area contributed by atoms with Crippen LogP contribution in [0.25, 0.3) is 0 Å². The van der Waals surface area contributed by atoms with Crippen molar-refractivity contribution in [1.82, 2.24) is 10.0 Å². The van der Waals surface area contributed by atoms with Crippen molar-refractivity contribution in [3.63, 3.8) is 0 Å². The summed E-state index contributed by atoms with van der Waals surface area (Å²) in [5, 5.41) is 2.61. The first-order valence-corrected chi connectivity index (χ1v) is 7.97. The highest BCUT2D eigenvalue weighted by atomic mass is 32.2. The number of ether oxygens (including phenoxy) is 1. The SMILES string of the molecule is COCCNC(=O)CCNS(=O)(=O)c1c(C)cccc1N. The molecule has 1 rings (SSSR count). The van der Waals surface area contributed by atoms with E-state index in [2.05, 4.69) is 10.0 Å². The third-order valence-corrected chi connectivity index (χ3v) is 4.46. The van der Waals surface area contributed by atoms with Crippen LogP contribution in [-0.2, 0) is 19.6 Å². The van der Waals surface area contributed by atoms with E-state index in [1.165, 1.54) is 13.2 Å². The minimum absolute atomic E-state index is 0.00885. The van der Waals surface area contributed by atoms with Gasteiger partial charge in [0.2, 0.25) is 15.9 Å². The Labute approximate surface area is 124 Å². The Balaban J connectivity index is 2.56. The summed E-state index contributed by atoms with van der Waals surface area (Å²) in [6.07, 6.45) is 0.0503. The molecule has 0 unspecified atom stereocenters. The number of hydrogen-bond acceptors (Lipinski definition) is 5. The second kappa shape index (κ2) is 7.96. The lowest BCUT2D eigenvalue weighted by molar-refractivity contribution is -0.121. The number of hydrogen-bond donors (Lipinski definition) is 3. The van der Waals surface area contributed by atoms with Gasteiger partial charge in [-0.05, 0) is 18.6 Å². The van der Waals surface area contributed by atoms with Crippen molar-refractivity contribution >= 4 is 21.6 Å². The van der Waals surface area contributed by atoms with Gasteiger partial charge in [0.05, 0.1) is 12.3 Å². The van der Waals surface area contributed by atoms with Crippen molar-refractivity contribution in [2.24, 2.45) is 0 Å². The Hall–Kier alpha value is -1.64. The van der Waals surface area contributed by atoms with E-state index in [9.17, 15) is 13.2 Å². The normalized spacial score (nSPS) is 11.3. The molecule has 0 spiro atoms. The van der Waals surface area contributed by atoms with Gasteiger partial charge in [-0.1, -0.05) is 12.1 Å².